The minimum Gasteiger partial charge on any atom is -0.480 e. The van der Waals surface area contributed by atoms with Gasteiger partial charge in [0, 0.05) is 67.5 Å². The summed E-state index contributed by atoms with van der Waals surface area (Å²) >= 11 is 0. The molecule has 16 heteroatoms. The molecule has 0 fully saturated rings. The highest BCUT2D eigenvalue weighted by Crippen LogP contribution is 2.22. The van der Waals surface area contributed by atoms with Gasteiger partial charge in [0.05, 0.1) is 43.8 Å². The molecule has 7 N–H and O–H groups in total. The minimum atomic E-state index is -1.18. The van der Waals surface area contributed by atoms with Gasteiger partial charge in [0.15, 0.2) is 0 Å². The third-order valence-corrected chi connectivity index (χ3v) is 7.68. The SMILES string of the molecule is C.NCCNC(=O)CN(CCN(CCN(CC(=O)O)CC(=O)Nc1ccc(C#Cc2ccc3ccc4cccnc4c3n2)cc1)CC(=O)O)CC(=O)O. The van der Waals surface area contributed by atoms with E-state index in [1.54, 1.807) is 30.5 Å². The highest BCUT2D eigenvalue weighted by molar-refractivity contribution is 6.02. The molecule has 0 saturated carbocycles. The van der Waals surface area contributed by atoms with E-state index in [0.717, 1.165) is 21.8 Å². The molecule has 280 valence electrons. The number of fused-ring (bicyclic) bond motifs is 3. The number of carboxylic acids is 3. The van der Waals surface area contributed by atoms with Crippen molar-refractivity contribution in [3.63, 3.8) is 0 Å². The first-order valence-electron chi connectivity index (χ1n) is 16.3. The zero-order valence-corrected chi connectivity index (χ0v) is 28.3. The van der Waals surface area contributed by atoms with Crippen LogP contribution in [0.5, 0.6) is 0 Å². The molecular formula is C37H44N8O8. The van der Waals surface area contributed by atoms with E-state index in [4.69, 9.17) is 10.7 Å². The fourth-order valence-electron chi connectivity index (χ4n) is 5.28. The quantitative estimate of drug-likeness (QED) is 0.0584. The number of aromatic nitrogens is 2. The van der Waals surface area contributed by atoms with E-state index in [9.17, 15) is 39.3 Å². The second-order valence-corrected chi connectivity index (χ2v) is 11.8. The molecule has 0 spiro atoms. The van der Waals surface area contributed by atoms with Gasteiger partial charge in [-0.05, 0) is 48.4 Å². The van der Waals surface area contributed by atoms with Crippen molar-refractivity contribution in [3.8, 4) is 11.8 Å². The van der Waals surface area contributed by atoms with Crippen LogP contribution in [0.2, 0.25) is 0 Å². The number of nitrogens with zero attached hydrogens (tertiary/aromatic N) is 5. The number of rotatable bonds is 19. The number of carboxylic acid groups (broad SMARTS) is 3. The van der Waals surface area contributed by atoms with E-state index in [-0.39, 0.29) is 59.8 Å². The van der Waals surface area contributed by atoms with E-state index in [0.29, 0.717) is 16.9 Å². The second kappa shape index (κ2) is 20.8. The van der Waals surface area contributed by atoms with Crippen LogP contribution in [0, 0.1) is 11.8 Å². The summed E-state index contributed by atoms with van der Waals surface area (Å²) in [6.45, 7) is -1.26. The third-order valence-electron chi connectivity index (χ3n) is 7.68. The van der Waals surface area contributed by atoms with Crippen LogP contribution >= 0.6 is 0 Å². The standard InChI is InChI=1S/C36H40N8O8.CH4/c37-13-15-38-30(45)20-43(23-33(49)50)18-16-42(22-32(47)48)17-19-44(24-34(51)52)21-31(46)40-28-9-3-25(4-10-28)5-11-29-12-8-27-7-6-26-2-1-14-39-35(26)36(27)41-29;/h1-4,6-10,12,14H,13,15-24,37H2,(H,38,45)(H,40,46)(H,47,48)(H,49,50)(H,51,52);1H4. The Hall–Kier alpha value is -5.99. The third kappa shape index (κ3) is 13.9. The molecule has 0 aliphatic rings. The number of amides is 2. The molecule has 0 bridgehead atoms. The van der Waals surface area contributed by atoms with Gasteiger partial charge in [0.2, 0.25) is 11.8 Å². The maximum absolute atomic E-state index is 12.9. The van der Waals surface area contributed by atoms with E-state index >= 15 is 0 Å². The molecule has 4 aromatic rings. The normalized spacial score (nSPS) is 10.9. The lowest BCUT2D eigenvalue weighted by Crippen LogP contribution is -2.47. The van der Waals surface area contributed by atoms with Gasteiger partial charge in [-0.1, -0.05) is 31.5 Å². The molecule has 0 aliphatic carbocycles. The predicted octanol–water partition coefficient (Wildman–Crippen LogP) is 0.992. The Bertz CT molecular complexity index is 1960. The van der Waals surface area contributed by atoms with Crippen LogP contribution in [0.15, 0.2) is 66.9 Å². The van der Waals surface area contributed by atoms with E-state index in [1.165, 1.54) is 14.7 Å². The lowest BCUT2D eigenvalue weighted by molar-refractivity contribution is -0.141. The Kier molecular flexibility index (Phi) is 16.2. The number of nitrogens with one attached hydrogen (secondary N) is 2. The fraction of sp³-hybridized carbons (Fsp3) is 0.324. The van der Waals surface area contributed by atoms with Crippen molar-refractivity contribution < 1.29 is 39.3 Å². The van der Waals surface area contributed by atoms with Gasteiger partial charge in [-0.2, -0.15) is 0 Å². The predicted molar refractivity (Wildman–Crippen MR) is 199 cm³/mol. The maximum Gasteiger partial charge on any atom is 0.317 e. The largest absolute Gasteiger partial charge is 0.480 e. The first kappa shape index (κ1) is 41.4. The van der Waals surface area contributed by atoms with E-state index < -0.39 is 49.4 Å². The molecule has 2 aromatic heterocycles. The summed E-state index contributed by atoms with van der Waals surface area (Å²) < 4.78 is 0. The van der Waals surface area contributed by atoms with Crippen LogP contribution in [-0.2, 0) is 24.0 Å². The Balaban J connectivity index is 0.00000756. The van der Waals surface area contributed by atoms with Gasteiger partial charge in [-0.25, -0.2) is 4.98 Å². The number of carbonyl (C=O) groups is 5. The summed E-state index contributed by atoms with van der Waals surface area (Å²) in [5.41, 5.74) is 8.67. The van der Waals surface area contributed by atoms with Crippen molar-refractivity contribution >= 4 is 57.2 Å². The number of benzene rings is 2. The van der Waals surface area contributed by atoms with Crippen LogP contribution in [0.1, 0.15) is 18.7 Å². The molecule has 2 amide bonds. The molecule has 0 saturated heterocycles. The lowest BCUT2D eigenvalue weighted by Gasteiger charge is -2.28. The van der Waals surface area contributed by atoms with Gasteiger partial charge < -0.3 is 31.7 Å². The summed E-state index contributed by atoms with van der Waals surface area (Å²) in [5.74, 6) is 1.73. The molecule has 4 rings (SSSR count). The summed E-state index contributed by atoms with van der Waals surface area (Å²) in [7, 11) is 0. The summed E-state index contributed by atoms with van der Waals surface area (Å²) in [6.07, 6.45) is 1.72. The highest BCUT2D eigenvalue weighted by Gasteiger charge is 2.20. The Morgan fingerprint density at radius 2 is 1.21 bits per heavy atom. The average Bonchev–Trinajstić information content (AvgIpc) is 3.10. The Morgan fingerprint density at radius 3 is 1.81 bits per heavy atom. The van der Waals surface area contributed by atoms with Crippen molar-refractivity contribution in [2.75, 3.05) is 77.3 Å². The van der Waals surface area contributed by atoms with Crippen LogP contribution < -0.4 is 16.4 Å². The number of hydrogen-bond donors (Lipinski definition) is 6. The molecule has 16 nitrogen and oxygen atoms in total. The molecule has 0 radical (unpaired) electrons. The van der Waals surface area contributed by atoms with Gasteiger partial charge in [-0.3, -0.25) is 43.7 Å². The zero-order valence-electron chi connectivity index (χ0n) is 28.3. The van der Waals surface area contributed by atoms with Crippen molar-refractivity contribution in [2.24, 2.45) is 5.73 Å². The Morgan fingerprint density at radius 1 is 0.660 bits per heavy atom. The molecule has 0 unspecified atom stereocenters. The monoisotopic (exact) mass is 728 g/mol. The molecule has 2 aromatic carbocycles. The Labute approximate surface area is 306 Å². The van der Waals surface area contributed by atoms with Gasteiger partial charge >= 0.3 is 17.9 Å². The maximum atomic E-state index is 12.9. The second-order valence-electron chi connectivity index (χ2n) is 11.8. The lowest BCUT2D eigenvalue weighted by atomic mass is 10.1. The van der Waals surface area contributed by atoms with Crippen LogP contribution in [0.4, 0.5) is 5.69 Å². The van der Waals surface area contributed by atoms with Crippen molar-refractivity contribution in [2.45, 2.75) is 7.43 Å². The number of hydrogen-bond acceptors (Lipinski definition) is 11. The molecule has 53 heavy (non-hydrogen) atoms. The zero-order chi connectivity index (χ0) is 37.5. The fourth-order valence-corrected chi connectivity index (χ4v) is 5.28. The summed E-state index contributed by atoms with van der Waals surface area (Å²) in [4.78, 5) is 72.8. The molecule has 2 heterocycles. The smallest absolute Gasteiger partial charge is 0.317 e. The van der Waals surface area contributed by atoms with Crippen molar-refractivity contribution in [1.29, 1.82) is 0 Å². The van der Waals surface area contributed by atoms with Gasteiger partial charge in [-0.15, -0.1) is 0 Å². The number of pyridine rings is 2. The van der Waals surface area contributed by atoms with Crippen molar-refractivity contribution in [3.05, 3.63) is 78.1 Å². The van der Waals surface area contributed by atoms with E-state index in [2.05, 4.69) is 27.5 Å². The summed E-state index contributed by atoms with van der Waals surface area (Å²) in [6, 6.07) is 18.4. The van der Waals surface area contributed by atoms with Gasteiger partial charge in [0.1, 0.15) is 5.69 Å². The molecular weight excluding hydrogens is 684 g/mol. The topological polar surface area (TPSA) is 232 Å². The number of carbonyl (C=O) groups excluding carboxylic acids is 2. The minimum absolute atomic E-state index is 0. The van der Waals surface area contributed by atoms with E-state index in [1.807, 2.05) is 36.4 Å². The number of anilines is 1. The van der Waals surface area contributed by atoms with Crippen LogP contribution in [0.25, 0.3) is 21.8 Å². The number of aliphatic carboxylic acids is 3. The van der Waals surface area contributed by atoms with Crippen LogP contribution in [0.3, 0.4) is 0 Å². The number of nitrogens with two attached hydrogens (primary N) is 1. The average molecular weight is 729 g/mol. The first-order valence-corrected chi connectivity index (χ1v) is 16.3. The molecule has 0 aliphatic heterocycles. The van der Waals surface area contributed by atoms with Crippen LogP contribution in [-0.4, -0.2) is 142 Å². The molecule has 0 atom stereocenters. The summed E-state index contributed by atoms with van der Waals surface area (Å²) in [5, 5.41) is 35.4. The highest BCUT2D eigenvalue weighted by atomic mass is 16.4. The van der Waals surface area contributed by atoms with Crippen molar-refractivity contribution in [1.82, 2.24) is 30.0 Å². The first-order chi connectivity index (χ1) is 25.0. The van der Waals surface area contributed by atoms with Gasteiger partial charge in [0.25, 0.3) is 0 Å².